The lowest BCUT2D eigenvalue weighted by Gasteiger charge is -2.32. The van der Waals surface area contributed by atoms with Crippen molar-refractivity contribution in [2.75, 3.05) is 13.7 Å². The van der Waals surface area contributed by atoms with E-state index in [2.05, 4.69) is 53.7 Å². The van der Waals surface area contributed by atoms with Gasteiger partial charge in [0.05, 0.1) is 7.11 Å². The van der Waals surface area contributed by atoms with E-state index in [0.717, 1.165) is 12.2 Å². The van der Waals surface area contributed by atoms with Gasteiger partial charge in [-0.15, -0.1) is 0 Å². The second-order valence-corrected chi connectivity index (χ2v) is 8.29. The summed E-state index contributed by atoms with van der Waals surface area (Å²) in [6, 6.07) is 4.46. The second-order valence-electron chi connectivity index (χ2n) is 8.29. The van der Waals surface area contributed by atoms with Crippen LogP contribution >= 0.6 is 0 Å². The van der Waals surface area contributed by atoms with Crippen molar-refractivity contribution >= 4 is 0 Å². The smallest absolute Gasteiger partial charge is 0.126 e. The minimum Gasteiger partial charge on any atom is -0.496 e. The zero-order chi connectivity index (χ0) is 17.7. The molecule has 0 aromatic heterocycles. The highest BCUT2D eigenvalue weighted by molar-refractivity contribution is 5.51. The molecule has 0 atom stereocenters. The third kappa shape index (κ3) is 5.24. The van der Waals surface area contributed by atoms with Gasteiger partial charge in [0.2, 0.25) is 0 Å². The van der Waals surface area contributed by atoms with Crippen LogP contribution in [-0.4, -0.2) is 18.8 Å². The van der Waals surface area contributed by atoms with E-state index in [1.54, 1.807) is 7.11 Å². The summed E-state index contributed by atoms with van der Waals surface area (Å²) in [6.45, 7) is 13.7. The Hall–Kier alpha value is -1.02. The van der Waals surface area contributed by atoms with E-state index in [9.17, 15) is 5.11 Å². The van der Waals surface area contributed by atoms with Crippen molar-refractivity contribution in [3.8, 4) is 5.75 Å². The van der Waals surface area contributed by atoms with E-state index >= 15 is 0 Å². The summed E-state index contributed by atoms with van der Waals surface area (Å²) in [4.78, 5) is 0. The molecular weight excluding hydrogens is 284 g/mol. The van der Waals surface area contributed by atoms with Crippen LogP contribution in [0.25, 0.3) is 0 Å². The number of rotatable bonds is 8. The summed E-state index contributed by atoms with van der Waals surface area (Å²) in [7, 11) is 1.78. The number of ether oxygens (including phenoxy) is 1. The molecule has 0 radical (unpaired) electrons. The van der Waals surface area contributed by atoms with E-state index in [4.69, 9.17) is 4.74 Å². The molecular formula is C21H36O2. The zero-order valence-corrected chi connectivity index (χ0v) is 16.3. The van der Waals surface area contributed by atoms with Crippen LogP contribution in [0.2, 0.25) is 0 Å². The Morgan fingerprint density at radius 3 is 2.09 bits per heavy atom. The standard InChI is InChI=1S/C21H36O2/c1-8-9-10-12-21(5,6)18-15-16(11-13-22)14-17(19(18)23-7)20(2,3)4/h14-15,22H,8-13H2,1-7H3. The molecule has 0 unspecified atom stereocenters. The van der Waals surface area contributed by atoms with Crippen LogP contribution in [0.4, 0.5) is 0 Å². The summed E-state index contributed by atoms with van der Waals surface area (Å²) >= 11 is 0. The topological polar surface area (TPSA) is 29.5 Å². The Morgan fingerprint density at radius 2 is 1.61 bits per heavy atom. The quantitative estimate of drug-likeness (QED) is 0.651. The Labute approximate surface area is 143 Å². The SMILES string of the molecule is CCCCCC(C)(C)c1cc(CCO)cc(C(C)(C)C)c1OC. The third-order valence-electron chi connectivity index (χ3n) is 4.70. The number of unbranched alkanes of at least 4 members (excludes halogenated alkanes) is 2. The van der Waals surface area contributed by atoms with Gasteiger partial charge in [-0.2, -0.15) is 0 Å². The van der Waals surface area contributed by atoms with E-state index in [1.807, 2.05) is 0 Å². The first-order valence-electron chi connectivity index (χ1n) is 9.00. The van der Waals surface area contributed by atoms with Crippen LogP contribution in [0, 0.1) is 0 Å². The molecule has 0 amide bonds. The van der Waals surface area contributed by atoms with Crippen LogP contribution in [0.1, 0.15) is 83.9 Å². The van der Waals surface area contributed by atoms with Gasteiger partial charge in [-0.25, -0.2) is 0 Å². The highest BCUT2D eigenvalue weighted by atomic mass is 16.5. The number of benzene rings is 1. The fourth-order valence-corrected chi connectivity index (χ4v) is 3.19. The molecule has 23 heavy (non-hydrogen) atoms. The number of aliphatic hydroxyl groups excluding tert-OH is 1. The van der Waals surface area contributed by atoms with Gasteiger partial charge in [0.1, 0.15) is 5.75 Å². The summed E-state index contributed by atoms with van der Waals surface area (Å²) in [5.41, 5.74) is 3.82. The maximum atomic E-state index is 9.38. The summed E-state index contributed by atoms with van der Waals surface area (Å²) in [5.74, 6) is 1.03. The molecule has 2 nitrogen and oxygen atoms in total. The first-order chi connectivity index (χ1) is 10.7. The predicted octanol–water partition coefficient (Wildman–Crippen LogP) is 5.39. The highest BCUT2D eigenvalue weighted by Crippen LogP contribution is 2.42. The minimum absolute atomic E-state index is 0.0189. The minimum atomic E-state index is 0.0189. The summed E-state index contributed by atoms with van der Waals surface area (Å²) < 4.78 is 5.87. The lowest BCUT2D eigenvalue weighted by Crippen LogP contribution is -2.22. The molecule has 0 aliphatic carbocycles. The average Bonchev–Trinajstić information content (AvgIpc) is 2.46. The van der Waals surface area contributed by atoms with E-state index in [0.29, 0.717) is 6.42 Å². The van der Waals surface area contributed by atoms with Crippen molar-refractivity contribution in [3.63, 3.8) is 0 Å². The first kappa shape index (κ1) is 20.0. The number of hydrogen-bond acceptors (Lipinski definition) is 2. The van der Waals surface area contributed by atoms with Crippen LogP contribution < -0.4 is 4.74 Å². The molecule has 0 aliphatic rings. The maximum absolute atomic E-state index is 9.38. The molecule has 0 aliphatic heterocycles. The first-order valence-corrected chi connectivity index (χ1v) is 9.00. The van der Waals surface area contributed by atoms with E-state index in [-0.39, 0.29) is 17.4 Å². The van der Waals surface area contributed by atoms with Crippen LogP contribution in [0.15, 0.2) is 12.1 Å². The molecule has 0 heterocycles. The van der Waals surface area contributed by atoms with Gasteiger partial charge in [0.25, 0.3) is 0 Å². The average molecular weight is 321 g/mol. The molecule has 2 heteroatoms. The maximum Gasteiger partial charge on any atom is 0.126 e. The highest BCUT2D eigenvalue weighted by Gasteiger charge is 2.29. The Bertz CT molecular complexity index is 495. The van der Waals surface area contributed by atoms with Crippen molar-refractivity contribution < 1.29 is 9.84 Å². The Kier molecular flexibility index (Phi) is 7.13. The zero-order valence-electron chi connectivity index (χ0n) is 16.3. The van der Waals surface area contributed by atoms with Gasteiger partial charge in [-0.1, -0.05) is 72.9 Å². The van der Waals surface area contributed by atoms with Crippen LogP contribution in [0.3, 0.4) is 0 Å². The fraction of sp³-hybridized carbons (Fsp3) is 0.714. The normalized spacial score (nSPS) is 12.5. The van der Waals surface area contributed by atoms with Gasteiger partial charge in [0, 0.05) is 17.7 Å². The predicted molar refractivity (Wildman–Crippen MR) is 99.7 cm³/mol. The van der Waals surface area contributed by atoms with Crippen molar-refractivity contribution in [1.29, 1.82) is 0 Å². The van der Waals surface area contributed by atoms with Crippen molar-refractivity contribution in [2.24, 2.45) is 0 Å². The number of aliphatic hydroxyl groups is 1. The van der Waals surface area contributed by atoms with Crippen molar-refractivity contribution in [3.05, 3.63) is 28.8 Å². The molecule has 0 fully saturated rings. The lowest BCUT2D eigenvalue weighted by molar-refractivity contribution is 0.299. The molecule has 1 aromatic carbocycles. The molecule has 1 N–H and O–H groups in total. The summed E-state index contributed by atoms with van der Waals surface area (Å²) in [5, 5.41) is 9.38. The Balaban J connectivity index is 3.40. The molecule has 0 spiro atoms. The van der Waals surface area contributed by atoms with Gasteiger partial charge in [-0.05, 0) is 29.2 Å². The molecule has 0 saturated heterocycles. The summed E-state index contributed by atoms with van der Waals surface area (Å²) in [6.07, 6.45) is 5.61. The van der Waals surface area contributed by atoms with Gasteiger partial charge in [0.15, 0.2) is 0 Å². The van der Waals surface area contributed by atoms with Gasteiger partial charge in [-0.3, -0.25) is 0 Å². The second kappa shape index (κ2) is 8.19. The molecule has 1 rings (SSSR count). The molecule has 0 bridgehead atoms. The van der Waals surface area contributed by atoms with Gasteiger partial charge < -0.3 is 9.84 Å². The molecule has 132 valence electrons. The van der Waals surface area contributed by atoms with Gasteiger partial charge >= 0.3 is 0 Å². The van der Waals surface area contributed by atoms with E-state index in [1.165, 1.54) is 36.0 Å². The fourth-order valence-electron chi connectivity index (χ4n) is 3.19. The number of methoxy groups -OCH3 is 1. The van der Waals surface area contributed by atoms with Crippen LogP contribution in [-0.2, 0) is 17.3 Å². The number of hydrogen-bond donors (Lipinski definition) is 1. The Morgan fingerprint density at radius 1 is 1.00 bits per heavy atom. The van der Waals surface area contributed by atoms with E-state index < -0.39 is 0 Å². The third-order valence-corrected chi connectivity index (χ3v) is 4.70. The largest absolute Gasteiger partial charge is 0.496 e. The lowest BCUT2D eigenvalue weighted by atomic mass is 9.75. The van der Waals surface area contributed by atoms with Crippen molar-refractivity contribution in [1.82, 2.24) is 0 Å². The van der Waals surface area contributed by atoms with Crippen molar-refractivity contribution in [2.45, 2.75) is 84.5 Å². The molecule has 0 saturated carbocycles. The van der Waals surface area contributed by atoms with Crippen LogP contribution in [0.5, 0.6) is 5.75 Å². The monoisotopic (exact) mass is 320 g/mol. The molecule has 1 aromatic rings.